The molecule has 7 nitrogen and oxygen atoms in total. The third-order valence-corrected chi connectivity index (χ3v) is 8.15. The average molecular weight is 484 g/mol. The van der Waals surface area contributed by atoms with E-state index in [1.807, 2.05) is 36.0 Å². The van der Waals surface area contributed by atoms with Gasteiger partial charge in [0, 0.05) is 46.5 Å². The molecule has 1 unspecified atom stereocenters. The highest BCUT2D eigenvalue weighted by Crippen LogP contribution is 2.38. The smallest absolute Gasteiger partial charge is 0.229 e. The Bertz CT molecular complexity index is 1030. The number of hydrogen-bond donors (Lipinski definition) is 2. The molecule has 9 heteroatoms. The van der Waals surface area contributed by atoms with E-state index in [1.54, 1.807) is 0 Å². The summed E-state index contributed by atoms with van der Waals surface area (Å²) in [6.45, 7) is 9.73. The van der Waals surface area contributed by atoms with Gasteiger partial charge in [0.05, 0.1) is 12.3 Å². The number of hydrogen-bond acceptors (Lipinski definition) is 8. The van der Waals surface area contributed by atoms with Gasteiger partial charge in [0.25, 0.3) is 0 Å². The Morgan fingerprint density at radius 3 is 2.47 bits per heavy atom. The van der Waals surface area contributed by atoms with Crippen LogP contribution < -0.4 is 15.5 Å². The molecular weight excluding hydrogens is 449 g/mol. The quantitative estimate of drug-likeness (QED) is 0.624. The van der Waals surface area contributed by atoms with E-state index < -0.39 is 5.82 Å². The second-order valence-corrected chi connectivity index (χ2v) is 11.6. The van der Waals surface area contributed by atoms with Crippen molar-refractivity contribution in [2.24, 2.45) is 0 Å². The minimum atomic E-state index is -0.457. The number of halogens is 1. The molecule has 2 fully saturated rings. The first kappa shape index (κ1) is 24.6. The van der Waals surface area contributed by atoms with Crippen molar-refractivity contribution < 1.29 is 4.39 Å². The van der Waals surface area contributed by atoms with Crippen molar-refractivity contribution in [1.29, 1.82) is 5.26 Å². The molecule has 2 saturated heterocycles. The summed E-state index contributed by atoms with van der Waals surface area (Å²) in [4.78, 5) is 13.1. The fourth-order valence-electron chi connectivity index (χ4n) is 5.08. The van der Waals surface area contributed by atoms with Gasteiger partial charge in [-0.2, -0.15) is 22.0 Å². The van der Waals surface area contributed by atoms with E-state index in [2.05, 4.69) is 71.2 Å². The number of nitrogens with zero attached hydrogens (tertiary/aromatic N) is 5. The second-order valence-electron chi connectivity index (χ2n) is 10.4. The summed E-state index contributed by atoms with van der Waals surface area (Å²) in [6.07, 6.45) is 2.98. The Labute approximate surface area is 206 Å². The van der Waals surface area contributed by atoms with Crippen molar-refractivity contribution in [2.75, 3.05) is 40.6 Å². The number of nitrogens with one attached hydrogen (secondary N) is 2. The van der Waals surface area contributed by atoms with E-state index in [0.29, 0.717) is 5.95 Å². The molecule has 0 bridgehead atoms. The lowest BCUT2D eigenvalue weighted by Crippen LogP contribution is -2.61. The summed E-state index contributed by atoms with van der Waals surface area (Å²) in [5, 5.41) is 16.0. The maximum absolute atomic E-state index is 14.6. The molecule has 0 radical (unpaired) electrons. The van der Waals surface area contributed by atoms with Crippen LogP contribution in [0, 0.1) is 17.1 Å². The highest BCUT2D eigenvalue weighted by molar-refractivity contribution is 7.99. The van der Waals surface area contributed by atoms with Crippen molar-refractivity contribution in [3.63, 3.8) is 0 Å². The van der Waals surface area contributed by atoms with Crippen LogP contribution in [0.5, 0.6) is 0 Å². The molecule has 3 heterocycles. The van der Waals surface area contributed by atoms with Gasteiger partial charge in [0.2, 0.25) is 5.95 Å². The van der Waals surface area contributed by atoms with Gasteiger partial charge in [-0.15, -0.1) is 0 Å². The molecule has 2 aromatic rings. The van der Waals surface area contributed by atoms with Gasteiger partial charge in [-0.05, 0) is 71.8 Å². The van der Waals surface area contributed by atoms with Crippen LogP contribution in [0.1, 0.15) is 40.5 Å². The van der Waals surface area contributed by atoms with Gasteiger partial charge in [-0.3, -0.25) is 4.90 Å². The Kier molecular flexibility index (Phi) is 6.92. The first-order valence-corrected chi connectivity index (χ1v) is 12.9. The van der Waals surface area contributed by atoms with E-state index in [4.69, 9.17) is 0 Å². The van der Waals surface area contributed by atoms with Crippen LogP contribution in [-0.2, 0) is 0 Å². The summed E-state index contributed by atoms with van der Waals surface area (Å²) in [5.74, 6) is 1.94. The molecule has 1 aromatic carbocycles. The van der Waals surface area contributed by atoms with Gasteiger partial charge in [-0.1, -0.05) is 0 Å². The summed E-state index contributed by atoms with van der Waals surface area (Å²) < 4.78 is 14.6. The van der Waals surface area contributed by atoms with E-state index in [1.165, 1.54) is 6.20 Å². The molecule has 2 N–H and O–H groups in total. The lowest BCUT2D eigenvalue weighted by Gasteiger charge is -2.53. The zero-order valence-corrected chi connectivity index (χ0v) is 21.4. The molecule has 4 rings (SSSR count). The minimum Gasteiger partial charge on any atom is -0.365 e. The number of rotatable bonds is 5. The fraction of sp³-hybridized carbons (Fsp3) is 0.560. The second kappa shape index (κ2) is 9.59. The summed E-state index contributed by atoms with van der Waals surface area (Å²) in [7, 11) is 2.15. The predicted molar refractivity (Wildman–Crippen MR) is 138 cm³/mol. The maximum atomic E-state index is 14.6. The molecule has 0 amide bonds. The third-order valence-electron chi connectivity index (χ3n) is 7.13. The van der Waals surface area contributed by atoms with Crippen molar-refractivity contribution in [1.82, 2.24) is 14.9 Å². The largest absolute Gasteiger partial charge is 0.365 e. The van der Waals surface area contributed by atoms with Crippen LogP contribution in [0.4, 0.5) is 27.5 Å². The monoisotopic (exact) mass is 483 g/mol. The third kappa shape index (κ3) is 5.23. The normalized spacial score (nSPS) is 22.7. The topological polar surface area (TPSA) is 80.1 Å². The van der Waals surface area contributed by atoms with Crippen LogP contribution in [0.25, 0.3) is 0 Å². The van der Waals surface area contributed by atoms with Crippen LogP contribution in [0.2, 0.25) is 0 Å². The van der Waals surface area contributed by atoms with Crippen molar-refractivity contribution in [3.8, 4) is 6.07 Å². The molecule has 0 saturated carbocycles. The molecule has 2 aliphatic rings. The van der Waals surface area contributed by atoms with E-state index in [-0.39, 0.29) is 29.0 Å². The van der Waals surface area contributed by atoms with Crippen molar-refractivity contribution >= 4 is 34.9 Å². The average Bonchev–Trinajstić information content (AvgIpc) is 2.80. The lowest BCUT2D eigenvalue weighted by atomic mass is 9.77. The van der Waals surface area contributed by atoms with Gasteiger partial charge >= 0.3 is 0 Å². The summed E-state index contributed by atoms with van der Waals surface area (Å²) >= 11 is 1.81. The maximum Gasteiger partial charge on any atom is 0.229 e. The van der Waals surface area contributed by atoms with Gasteiger partial charge in [0.1, 0.15) is 6.04 Å². The van der Waals surface area contributed by atoms with Crippen LogP contribution in [0.15, 0.2) is 30.5 Å². The predicted octanol–water partition coefficient (Wildman–Crippen LogP) is 4.87. The SMILES string of the molecule is CN1C(C)(C)CC(Nc2nc(Nc3ccc(N4CCSCC4C#N)cc3)ncc2F)CC1(C)C. The van der Waals surface area contributed by atoms with E-state index in [0.717, 1.165) is 42.3 Å². The highest BCUT2D eigenvalue weighted by Gasteiger charge is 2.43. The Morgan fingerprint density at radius 2 is 1.82 bits per heavy atom. The minimum absolute atomic E-state index is 0.0106. The van der Waals surface area contributed by atoms with Crippen molar-refractivity contribution in [2.45, 2.75) is 63.7 Å². The molecule has 2 aliphatic heterocycles. The standard InChI is InChI=1S/C25H34FN7S/c1-24(2)12-18(13-25(3,4)32(24)5)29-22-21(26)15-28-23(31-22)30-17-6-8-19(9-7-17)33-10-11-34-16-20(33)14-27/h6-9,15,18,20H,10-13,16H2,1-5H3,(H2,28,29,30,31). The van der Waals surface area contributed by atoms with Gasteiger partial charge in [0.15, 0.2) is 11.6 Å². The molecular formula is C25H34FN7S. The van der Waals surface area contributed by atoms with Crippen LogP contribution in [-0.4, -0.2) is 63.1 Å². The zero-order valence-electron chi connectivity index (χ0n) is 20.6. The van der Waals surface area contributed by atoms with E-state index in [9.17, 15) is 9.65 Å². The number of benzene rings is 1. The number of thioether (sulfide) groups is 1. The molecule has 1 aromatic heterocycles. The Morgan fingerprint density at radius 1 is 1.15 bits per heavy atom. The Balaban J connectivity index is 1.46. The first-order chi connectivity index (χ1) is 16.1. The Hall–Kier alpha value is -2.57. The number of likely N-dealkylation sites (tertiary alicyclic amines) is 1. The molecule has 0 aliphatic carbocycles. The van der Waals surface area contributed by atoms with Crippen molar-refractivity contribution in [3.05, 3.63) is 36.3 Å². The summed E-state index contributed by atoms with van der Waals surface area (Å²) in [6, 6.07) is 10.2. The number of anilines is 4. The first-order valence-electron chi connectivity index (χ1n) is 11.7. The van der Waals surface area contributed by atoms with Gasteiger partial charge in [-0.25, -0.2) is 9.37 Å². The molecule has 34 heavy (non-hydrogen) atoms. The molecule has 182 valence electrons. The fourth-order valence-corrected chi connectivity index (χ4v) is 6.05. The zero-order chi connectivity index (χ0) is 24.5. The number of piperidine rings is 1. The summed E-state index contributed by atoms with van der Waals surface area (Å²) in [5.41, 5.74) is 1.81. The van der Waals surface area contributed by atoms with Gasteiger partial charge < -0.3 is 15.5 Å². The highest BCUT2D eigenvalue weighted by atomic mass is 32.2. The van der Waals surface area contributed by atoms with Crippen LogP contribution in [0.3, 0.4) is 0 Å². The van der Waals surface area contributed by atoms with Crippen LogP contribution >= 0.6 is 11.8 Å². The molecule has 1 atom stereocenters. The van der Waals surface area contributed by atoms with E-state index >= 15 is 0 Å². The number of aromatic nitrogens is 2. The number of nitriles is 1. The molecule has 0 spiro atoms. The lowest BCUT2D eigenvalue weighted by molar-refractivity contribution is -0.00778.